The normalized spacial score (nSPS) is 11.2. The Morgan fingerprint density at radius 2 is 2.00 bits per heavy atom. The minimum atomic E-state index is -0.0251. The minimum absolute atomic E-state index is 0.0251. The molecule has 0 saturated carbocycles. The molecule has 0 unspecified atom stereocenters. The van der Waals surface area contributed by atoms with Gasteiger partial charge >= 0.3 is 0 Å². The molecule has 1 aromatic carbocycles. The van der Waals surface area contributed by atoms with Gasteiger partial charge in [-0.05, 0) is 24.0 Å². The van der Waals surface area contributed by atoms with Gasteiger partial charge in [0.15, 0.2) is 5.58 Å². The van der Waals surface area contributed by atoms with Gasteiger partial charge in [0.2, 0.25) is 5.91 Å². The Bertz CT molecular complexity index is 851. The van der Waals surface area contributed by atoms with E-state index in [2.05, 4.69) is 41.4 Å². The van der Waals surface area contributed by atoms with Gasteiger partial charge in [0.1, 0.15) is 0 Å². The summed E-state index contributed by atoms with van der Waals surface area (Å²) in [7, 11) is 0. The summed E-state index contributed by atoms with van der Waals surface area (Å²) in [5.41, 5.74) is 4.54. The number of hydrogen-bond acceptors (Lipinski definition) is 4. The number of nitrogens with one attached hydrogen (secondary N) is 1. The average molecular weight is 323 g/mol. The van der Waals surface area contributed by atoms with Gasteiger partial charge in [0, 0.05) is 12.3 Å². The lowest BCUT2D eigenvalue weighted by molar-refractivity contribution is -0.120. The third kappa shape index (κ3) is 3.62. The van der Waals surface area contributed by atoms with Crippen molar-refractivity contribution in [1.29, 1.82) is 0 Å². The van der Waals surface area contributed by atoms with Crippen molar-refractivity contribution in [2.45, 2.75) is 39.7 Å². The number of benzene rings is 1. The van der Waals surface area contributed by atoms with E-state index >= 15 is 0 Å². The maximum Gasteiger partial charge on any atom is 0.224 e. The highest BCUT2D eigenvalue weighted by Crippen LogP contribution is 2.17. The van der Waals surface area contributed by atoms with Crippen molar-refractivity contribution in [3.63, 3.8) is 0 Å². The maximum atomic E-state index is 12.1. The number of aromatic nitrogens is 2. The number of carbonyl (C=O) groups excluding carboxylic acids is 1. The van der Waals surface area contributed by atoms with Crippen molar-refractivity contribution in [1.82, 2.24) is 15.5 Å². The molecular weight excluding hydrogens is 302 g/mol. The number of fused-ring (bicyclic) bond motifs is 1. The molecule has 0 saturated heterocycles. The predicted molar refractivity (Wildman–Crippen MR) is 92.6 cm³/mol. The third-order valence-electron chi connectivity index (χ3n) is 4.07. The van der Waals surface area contributed by atoms with Gasteiger partial charge in [-0.2, -0.15) is 0 Å². The van der Waals surface area contributed by atoms with Crippen LogP contribution in [0, 0.1) is 6.92 Å². The Hall–Kier alpha value is -2.69. The molecule has 1 N–H and O–H groups in total. The van der Waals surface area contributed by atoms with E-state index in [9.17, 15) is 4.79 Å². The molecule has 1 amide bonds. The summed E-state index contributed by atoms with van der Waals surface area (Å²) in [5.74, 6) is 0.469. The van der Waals surface area contributed by atoms with Gasteiger partial charge in [-0.15, -0.1) is 0 Å². The predicted octanol–water partition coefficient (Wildman–Crippen LogP) is 3.51. The Kier molecular flexibility index (Phi) is 4.60. The zero-order valence-electron chi connectivity index (χ0n) is 14.2. The molecule has 3 aromatic rings. The molecule has 0 aliphatic carbocycles. The van der Waals surface area contributed by atoms with E-state index in [4.69, 9.17) is 4.52 Å². The molecule has 2 heterocycles. The van der Waals surface area contributed by atoms with Crippen LogP contribution in [-0.4, -0.2) is 16.0 Å². The molecule has 5 heteroatoms. The van der Waals surface area contributed by atoms with Crippen LogP contribution in [0.3, 0.4) is 0 Å². The zero-order chi connectivity index (χ0) is 17.1. The molecule has 0 aliphatic heterocycles. The molecular formula is C19H21N3O2. The van der Waals surface area contributed by atoms with Crippen molar-refractivity contribution in [2.75, 3.05) is 0 Å². The number of hydrogen-bond donors (Lipinski definition) is 1. The smallest absolute Gasteiger partial charge is 0.224 e. The van der Waals surface area contributed by atoms with Crippen LogP contribution in [0.4, 0.5) is 0 Å². The summed E-state index contributed by atoms with van der Waals surface area (Å²) in [6, 6.07) is 9.99. The summed E-state index contributed by atoms with van der Waals surface area (Å²) in [6.07, 6.45) is 2.09. The second kappa shape index (κ2) is 6.83. The fraction of sp³-hybridized carbons (Fsp3) is 0.316. The van der Waals surface area contributed by atoms with Crippen molar-refractivity contribution in [3.05, 3.63) is 59.0 Å². The summed E-state index contributed by atoms with van der Waals surface area (Å²) in [5, 5.41) is 7.70. The van der Waals surface area contributed by atoms with Gasteiger partial charge in [0.25, 0.3) is 0 Å². The van der Waals surface area contributed by atoms with E-state index < -0.39 is 0 Å². The van der Waals surface area contributed by atoms with Crippen LogP contribution in [0.25, 0.3) is 11.0 Å². The molecule has 24 heavy (non-hydrogen) atoms. The first-order valence-corrected chi connectivity index (χ1v) is 8.09. The second-order valence-electron chi connectivity index (χ2n) is 6.29. The molecule has 5 nitrogen and oxygen atoms in total. The second-order valence-corrected chi connectivity index (χ2v) is 6.29. The first-order valence-electron chi connectivity index (χ1n) is 8.09. The van der Waals surface area contributed by atoms with Crippen LogP contribution in [0.5, 0.6) is 0 Å². The van der Waals surface area contributed by atoms with E-state index in [1.54, 1.807) is 6.20 Å². The van der Waals surface area contributed by atoms with Crippen molar-refractivity contribution < 1.29 is 9.32 Å². The number of aryl methyl sites for hydroxylation is 1. The van der Waals surface area contributed by atoms with Crippen molar-refractivity contribution in [2.24, 2.45) is 0 Å². The maximum absolute atomic E-state index is 12.1. The molecule has 124 valence electrons. The summed E-state index contributed by atoms with van der Waals surface area (Å²) in [4.78, 5) is 16.4. The quantitative estimate of drug-likeness (QED) is 0.780. The van der Waals surface area contributed by atoms with Gasteiger partial charge < -0.3 is 9.84 Å². The topological polar surface area (TPSA) is 68.0 Å². The molecule has 0 fully saturated rings. The number of rotatable bonds is 5. The lowest BCUT2D eigenvalue weighted by Gasteiger charge is -2.08. The first-order chi connectivity index (χ1) is 11.5. The molecule has 0 bridgehead atoms. The fourth-order valence-corrected chi connectivity index (χ4v) is 2.55. The number of carbonyl (C=O) groups is 1. The van der Waals surface area contributed by atoms with Gasteiger partial charge in [-0.3, -0.25) is 9.78 Å². The van der Waals surface area contributed by atoms with E-state index in [1.165, 1.54) is 5.56 Å². The fourth-order valence-electron chi connectivity index (χ4n) is 2.55. The van der Waals surface area contributed by atoms with E-state index in [0.717, 1.165) is 22.3 Å². The van der Waals surface area contributed by atoms with E-state index in [0.29, 0.717) is 24.5 Å². The summed E-state index contributed by atoms with van der Waals surface area (Å²) < 4.78 is 5.22. The number of pyridine rings is 1. The van der Waals surface area contributed by atoms with Gasteiger partial charge in [0.05, 0.1) is 29.7 Å². The average Bonchev–Trinajstić information content (AvgIpc) is 2.94. The SMILES string of the molecule is Cc1noc2cc(CNC(=O)Cc3ccc(C(C)C)cc3)ncc12. The largest absolute Gasteiger partial charge is 0.356 e. The monoisotopic (exact) mass is 323 g/mol. The highest BCUT2D eigenvalue weighted by molar-refractivity contribution is 5.79. The van der Waals surface area contributed by atoms with Gasteiger partial charge in [-0.25, -0.2) is 0 Å². The first kappa shape index (κ1) is 16.2. The molecule has 0 spiro atoms. The van der Waals surface area contributed by atoms with E-state index in [-0.39, 0.29) is 5.91 Å². The summed E-state index contributed by atoms with van der Waals surface area (Å²) in [6.45, 7) is 6.56. The van der Waals surface area contributed by atoms with E-state index in [1.807, 2.05) is 25.1 Å². The number of nitrogens with zero attached hydrogens (tertiary/aromatic N) is 2. The molecule has 0 aliphatic rings. The Labute approximate surface area is 141 Å². The molecule has 2 aromatic heterocycles. The molecule has 0 atom stereocenters. The Balaban J connectivity index is 1.58. The molecule has 0 radical (unpaired) electrons. The van der Waals surface area contributed by atoms with Crippen LogP contribution >= 0.6 is 0 Å². The van der Waals surface area contributed by atoms with Crippen molar-refractivity contribution in [3.8, 4) is 0 Å². The zero-order valence-corrected chi connectivity index (χ0v) is 14.2. The summed E-state index contributed by atoms with van der Waals surface area (Å²) >= 11 is 0. The molecule has 3 rings (SSSR count). The lowest BCUT2D eigenvalue weighted by atomic mass is 10.0. The number of amides is 1. The standard InChI is InChI=1S/C19H21N3O2/c1-12(2)15-6-4-14(5-7-15)8-19(23)21-10-16-9-18-17(11-20-16)13(3)22-24-18/h4-7,9,11-12H,8,10H2,1-3H3,(H,21,23). The highest BCUT2D eigenvalue weighted by Gasteiger charge is 2.08. The Morgan fingerprint density at radius 1 is 1.25 bits per heavy atom. The van der Waals surface area contributed by atoms with Gasteiger partial charge in [-0.1, -0.05) is 43.3 Å². The third-order valence-corrected chi connectivity index (χ3v) is 4.07. The van der Waals surface area contributed by atoms with Crippen LogP contribution in [0.15, 0.2) is 41.1 Å². The Morgan fingerprint density at radius 3 is 2.71 bits per heavy atom. The van der Waals surface area contributed by atoms with Crippen molar-refractivity contribution >= 4 is 16.9 Å². The van der Waals surface area contributed by atoms with Crippen LogP contribution in [-0.2, 0) is 17.8 Å². The minimum Gasteiger partial charge on any atom is -0.356 e. The lowest BCUT2D eigenvalue weighted by Crippen LogP contribution is -2.25. The van der Waals surface area contributed by atoms with Crippen LogP contribution < -0.4 is 5.32 Å². The highest BCUT2D eigenvalue weighted by atomic mass is 16.5. The van der Waals surface area contributed by atoms with Crippen LogP contribution in [0.2, 0.25) is 0 Å². The van der Waals surface area contributed by atoms with Crippen LogP contribution in [0.1, 0.15) is 42.3 Å².